The van der Waals surface area contributed by atoms with Gasteiger partial charge in [-0.25, -0.2) is 0 Å². The first-order chi connectivity index (χ1) is 10.8. The van der Waals surface area contributed by atoms with Gasteiger partial charge in [0.15, 0.2) is 0 Å². The van der Waals surface area contributed by atoms with E-state index in [9.17, 15) is 0 Å². The monoisotopic (exact) mass is 291 g/mol. The molecule has 0 amide bonds. The van der Waals surface area contributed by atoms with Gasteiger partial charge >= 0.3 is 0 Å². The lowest BCUT2D eigenvalue weighted by Gasteiger charge is -2.26. The van der Waals surface area contributed by atoms with Crippen LogP contribution in [0.15, 0.2) is 66.2 Å². The van der Waals surface area contributed by atoms with Crippen LogP contribution in [0.5, 0.6) is 0 Å². The highest BCUT2D eigenvalue weighted by molar-refractivity contribution is 5.23. The van der Waals surface area contributed by atoms with Gasteiger partial charge < -0.3 is 0 Å². The molecule has 0 aliphatic carbocycles. The summed E-state index contributed by atoms with van der Waals surface area (Å²) in [6, 6.07) is 19.7. The van der Waals surface area contributed by atoms with E-state index in [4.69, 9.17) is 0 Å². The van der Waals surface area contributed by atoms with Gasteiger partial charge in [-0.05, 0) is 37.3 Å². The minimum Gasteiger partial charge on any atom is -0.295 e. The van der Waals surface area contributed by atoms with Crippen molar-refractivity contribution in [2.24, 2.45) is 0 Å². The summed E-state index contributed by atoms with van der Waals surface area (Å²) < 4.78 is 0. The van der Waals surface area contributed by atoms with Gasteiger partial charge in [-0.1, -0.05) is 71.8 Å². The number of nitrogens with zero attached hydrogens (tertiary/aromatic N) is 1. The molecule has 1 aliphatic rings. The van der Waals surface area contributed by atoms with Crippen molar-refractivity contribution in [3.8, 4) is 0 Å². The van der Waals surface area contributed by atoms with E-state index >= 15 is 0 Å². The summed E-state index contributed by atoms with van der Waals surface area (Å²) in [6.45, 7) is 5.50. The standard InChI is InChI=1S/C21H25N/c1-18-7-9-19(10-8-18)11-12-20-13-15-22(16-14-20)17-21-5-3-2-4-6-21/h2-10,13H,11-12,14-17H2,1H3. The van der Waals surface area contributed by atoms with E-state index in [0.717, 1.165) is 13.1 Å². The minimum atomic E-state index is 1.07. The average Bonchev–Trinajstić information content (AvgIpc) is 2.57. The normalized spacial score (nSPS) is 15.6. The molecule has 1 heteroatoms. The Hall–Kier alpha value is -1.86. The molecule has 1 nitrogen and oxygen atoms in total. The number of rotatable bonds is 5. The molecule has 114 valence electrons. The van der Waals surface area contributed by atoms with Crippen LogP contribution >= 0.6 is 0 Å². The summed E-state index contributed by atoms with van der Waals surface area (Å²) in [6.07, 6.45) is 6.05. The van der Waals surface area contributed by atoms with Gasteiger partial charge in [0, 0.05) is 19.6 Å². The van der Waals surface area contributed by atoms with Crippen LogP contribution in [0.3, 0.4) is 0 Å². The van der Waals surface area contributed by atoms with Crippen LogP contribution in [0.2, 0.25) is 0 Å². The van der Waals surface area contributed by atoms with Crippen molar-refractivity contribution in [1.29, 1.82) is 0 Å². The molecular formula is C21H25N. The van der Waals surface area contributed by atoms with Crippen LogP contribution in [-0.2, 0) is 13.0 Å². The molecule has 0 unspecified atom stereocenters. The van der Waals surface area contributed by atoms with E-state index in [1.807, 2.05) is 0 Å². The molecular weight excluding hydrogens is 266 g/mol. The van der Waals surface area contributed by atoms with Crippen LogP contribution < -0.4 is 0 Å². The van der Waals surface area contributed by atoms with Crippen molar-refractivity contribution < 1.29 is 0 Å². The van der Waals surface area contributed by atoms with Crippen LogP contribution in [0.1, 0.15) is 29.5 Å². The summed E-state index contributed by atoms with van der Waals surface area (Å²) in [5.74, 6) is 0. The summed E-state index contributed by atoms with van der Waals surface area (Å²) >= 11 is 0. The Morgan fingerprint density at radius 2 is 1.64 bits per heavy atom. The molecule has 0 saturated heterocycles. The minimum absolute atomic E-state index is 1.07. The van der Waals surface area contributed by atoms with Crippen molar-refractivity contribution in [2.45, 2.75) is 32.7 Å². The zero-order valence-electron chi connectivity index (χ0n) is 13.5. The highest BCUT2D eigenvalue weighted by atomic mass is 15.1. The van der Waals surface area contributed by atoms with Gasteiger partial charge in [-0.2, -0.15) is 0 Å². The molecule has 2 aromatic rings. The zero-order valence-corrected chi connectivity index (χ0v) is 13.5. The molecule has 0 spiro atoms. The van der Waals surface area contributed by atoms with Crippen molar-refractivity contribution in [2.75, 3.05) is 13.1 Å². The molecule has 1 aliphatic heterocycles. The molecule has 0 aromatic heterocycles. The average molecular weight is 291 g/mol. The molecule has 22 heavy (non-hydrogen) atoms. The van der Waals surface area contributed by atoms with Crippen LogP contribution in [0.25, 0.3) is 0 Å². The fraction of sp³-hybridized carbons (Fsp3) is 0.333. The summed E-state index contributed by atoms with van der Waals surface area (Å²) in [5, 5.41) is 0. The van der Waals surface area contributed by atoms with Gasteiger partial charge in [0.25, 0.3) is 0 Å². The maximum Gasteiger partial charge on any atom is 0.0237 e. The molecule has 0 radical (unpaired) electrons. The van der Waals surface area contributed by atoms with E-state index in [2.05, 4.69) is 72.5 Å². The first-order valence-corrected chi connectivity index (χ1v) is 8.29. The molecule has 0 atom stereocenters. The molecule has 1 heterocycles. The molecule has 0 fully saturated rings. The maximum absolute atomic E-state index is 2.53. The van der Waals surface area contributed by atoms with Crippen molar-refractivity contribution in [3.63, 3.8) is 0 Å². The van der Waals surface area contributed by atoms with Crippen LogP contribution in [0, 0.1) is 6.92 Å². The Morgan fingerprint density at radius 3 is 2.32 bits per heavy atom. The van der Waals surface area contributed by atoms with Gasteiger partial charge in [0.1, 0.15) is 0 Å². The molecule has 0 bridgehead atoms. The lowest BCUT2D eigenvalue weighted by Crippen LogP contribution is -2.28. The largest absolute Gasteiger partial charge is 0.295 e. The number of benzene rings is 2. The lowest BCUT2D eigenvalue weighted by molar-refractivity contribution is 0.284. The van der Waals surface area contributed by atoms with E-state index in [0.29, 0.717) is 0 Å². The predicted molar refractivity (Wildman–Crippen MR) is 93.9 cm³/mol. The third kappa shape index (κ3) is 4.32. The summed E-state index contributed by atoms with van der Waals surface area (Å²) in [5.41, 5.74) is 5.85. The number of aryl methyl sites for hydroxylation is 2. The predicted octanol–water partition coefficient (Wildman–Crippen LogP) is 4.76. The first kappa shape index (κ1) is 15.1. The van der Waals surface area contributed by atoms with Crippen molar-refractivity contribution in [3.05, 3.63) is 82.9 Å². The quantitative estimate of drug-likeness (QED) is 0.718. The van der Waals surface area contributed by atoms with Crippen LogP contribution in [0.4, 0.5) is 0 Å². The van der Waals surface area contributed by atoms with Crippen molar-refractivity contribution >= 4 is 0 Å². The van der Waals surface area contributed by atoms with Crippen molar-refractivity contribution in [1.82, 2.24) is 4.90 Å². The second kappa shape index (κ2) is 7.42. The fourth-order valence-corrected chi connectivity index (χ4v) is 3.03. The second-order valence-electron chi connectivity index (χ2n) is 6.32. The Kier molecular flexibility index (Phi) is 5.07. The third-order valence-electron chi connectivity index (χ3n) is 4.49. The fourth-order valence-electron chi connectivity index (χ4n) is 3.03. The summed E-state index contributed by atoms with van der Waals surface area (Å²) in [4.78, 5) is 2.53. The van der Waals surface area contributed by atoms with E-state index < -0.39 is 0 Å². The van der Waals surface area contributed by atoms with Gasteiger partial charge in [-0.15, -0.1) is 0 Å². The lowest BCUT2D eigenvalue weighted by atomic mass is 9.99. The number of hydrogen-bond donors (Lipinski definition) is 0. The first-order valence-electron chi connectivity index (χ1n) is 8.29. The van der Waals surface area contributed by atoms with E-state index in [-0.39, 0.29) is 0 Å². The molecule has 2 aromatic carbocycles. The summed E-state index contributed by atoms with van der Waals surface area (Å²) in [7, 11) is 0. The van der Waals surface area contributed by atoms with E-state index in [1.54, 1.807) is 5.57 Å². The topological polar surface area (TPSA) is 3.24 Å². The Balaban J connectivity index is 1.48. The SMILES string of the molecule is Cc1ccc(CCC2=CCN(Cc3ccccc3)CC2)cc1. The maximum atomic E-state index is 2.53. The highest BCUT2D eigenvalue weighted by Crippen LogP contribution is 2.18. The highest BCUT2D eigenvalue weighted by Gasteiger charge is 2.11. The smallest absolute Gasteiger partial charge is 0.0237 e. The number of hydrogen-bond acceptors (Lipinski definition) is 1. The molecule has 0 saturated carbocycles. The van der Waals surface area contributed by atoms with Crippen LogP contribution in [-0.4, -0.2) is 18.0 Å². The van der Waals surface area contributed by atoms with E-state index in [1.165, 1.54) is 42.5 Å². The molecule has 3 rings (SSSR count). The third-order valence-corrected chi connectivity index (χ3v) is 4.49. The Bertz CT molecular complexity index is 610. The Morgan fingerprint density at radius 1 is 0.864 bits per heavy atom. The Labute approximate surface area is 134 Å². The zero-order chi connectivity index (χ0) is 15.2. The second-order valence-corrected chi connectivity index (χ2v) is 6.32. The molecule has 0 N–H and O–H groups in total. The van der Waals surface area contributed by atoms with Gasteiger partial charge in [0.2, 0.25) is 0 Å². The van der Waals surface area contributed by atoms with Gasteiger partial charge in [-0.3, -0.25) is 4.90 Å². The van der Waals surface area contributed by atoms with Gasteiger partial charge in [0.05, 0.1) is 0 Å².